The second-order valence-corrected chi connectivity index (χ2v) is 5.83. The van der Waals surface area contributed by atoms with Crippen LogP contribution in [0.1, 0.15) is 4.88 Å². The van der Waals surface area contributed by atoms with Crippen molar-refractivity contribution < 1.29 is 17.4 Å². The van der Waals surface area contributed by atoms with Gasteiger partial charge in [-0.15, -0.1) is 11.3 Å². The summed E-state index contributed by atoms with van der Waals surface area (Å²) in [7, 11) is -1.78. The lowest BCUT2D eigenvalue weighted by Crippen LogP contribution is -2.15. The minimum Gasteiger partial charge on any atom is -0.387 e. The van der Waals surface area contributed by atoms with Crippen LogP contribution in [-0.2, 0) is 25.5 Å². The molecule has 1 aromatic rings. The number of hydrogen-bond donors (Lipinski definition) is 1. The molecule has 0 atom stereocenters. The molecule has 5 nitrogen and oxygen atoms in total. The number of anilines is 1. The molecule has 0 saturated carbocycles. The zero-order valence-electron chi connectivity index (χ0n) is 9.02. The molecule has 0 aliphatic heterocycles. The molecule has 1 heterocycles. The van der Waals surface area contributed by atoms with Crippen LogP contribution < -0.4 is 5.32 Å². The van der Waals surface area contributed by atoms with Crippen LogP contribution >= 0.6 is 11.3 Å². The molecule has 90 valence electrons. The molecule has 0 aromatic carbocycles. The van der Waals surface area contributed by atoms with E-state index in [2.05, 4.69) is 9.50 Å². The van der Waals surface area contributed by atoms with E-state index in [1.807, 2.05) is 11.4 Å². The summed E-state index contributed by atoms with van der Waals surface area (Å²) in [5.41, 5.74) is 0.887. The maximum Gasteiger partial charge on any atom is 0.264 e. The molecule has 0 bridgehead atoms. The fourth-order valence-electron chi connectivity index (χ4n) is 1.10. The lowest BCUT2D eigenvalue weighted by atomic mass is 10.2. The normalized spacial score (nSPS) is 11.4. The van der Waals surface area contributed by atoms with Crippen molar-refractivity contribution in [1.82, 2.24) is 0 Å². The first-order chi connectivity index (χ1) is 7.42. The Morgan fingerprint density at radius 3 is 2.81 bits per heavy atom. The van der Waals surface area contributed by atoms with Gasteiger partial charge in [-0.25, -0.2) is 0 Å². The lowest BCUT2D eigenvalue weighted by Gasteiger charge is -2.02. The third-order valence-corrected chi connectivity index (χ3v) is 3.27. The molecule has 0 fully saturated rings. The summed E-state index contributed by atoms with van der Waals surface area (Å²) in [6.07, 6.45) is 1.10. The standard InChI is InChI=1S/C9H13NO4S2/c1-10-8-3-4-15-9(8)5-7(11)6-14-16(2,12)13/h3-4,10H,5-6H2,1-2H3. The van der Waals surface area contributed by atoms with Crippen LogP contribution in [0.25, 0.3) is 0 Å². The average molecular weight is 263 g/mol. The predicted octanol–water partition coefficient (Wildman–Crippen LogP) is 0.878. The topological polar surface area (TPSA) is 72.5 Å². The fraction of sp³-hybridized carbons (Fsp3) is 0.444. The van der Waals surface area contributed by atoms with Crippen LogP contribution in [0.4, 0.5) is 5.69 Å². The van der Waals surface area contributed by atoms with Gasteiger partial charge in [0.15, 0.2) is 5.78 Å². The van der Waals surface area contributed by atoms with E-state index >= 15 is 0 Å². The van der Waals surface area contributed by atoms with Crippen molar-refractivity contribution in [3.8, 4) is 0 Å². The number of thiophene rings is 1. The van der Waals surface area contributed by atoms with E-state index in [1.54, 1.807) is 7.05 Å². The number of hydrogen-bond acceptors (Lipinski definition) is 6. The molecular formula is C9H13NO4S2. The second kappa shape index (κ2) is 5.42. The van der Waals surface area contributed by atoms with Gasteiger partial charge in [-0.1, -0.05) is 0 Å². The number of carbonyl (C=O) groups excluding carboxylic acids is 1. The molecule has 16 heavy (non-hydrogen) atoms. The Balaban J connectivity index is 2.52. The molecule has 7 heteroatoms. The molecule has 1 N–H and O–H groups in total. The van der Waals surface area contributed by atoms with Gasteiger partial charge in [0.1, 0.15) is 6.61 Å². The van der Waals surface area contributed by atoms with E-state index in [0.29, 0.717) is 0 Å². The van der Waals surface area contributed by atoms with E-state index in [0.717, 1.165) is 16.8 Å². The molecule has 0 aliphatic carbocycles. The number of carbonyl (C=O) groups is 1. The van der Waals surface area contributed by atoms with Gasteiger partial charge in [0, 0.05) is 24.0 Å². The van der Waals surface area contributed by atoms with Crippen molar-refractivity contribution >= 4 is 32.9 Å². The van der Waals surface area contributed by atoms with Gasteiger partial charge in [-0.05, 0) is 11.4 Å². The maximum absolute atomic E-state index is 11.4. The molecule has 0 unspecified atom stereocenters. The first-order valence-electron chi connectivity index (χ1n) is 4.52. The summed E-state index contributed by atoms with van der Waals surface area (Å²) < 4.78 is 25.8. The summed E-state index contributed by atoms with van der Waals surface area (Å²) in [5.74, 6) is -0.260. The van der Waals surface area contributed by atoms with Crippen molar-refractivity contribution in [3.05, 3.63) is 16.3 Å². The van der Waals surface area contributed by atoms with Crippen LogP contribution in [0.5, 0.6) is 0 Å². The largest absolute Gasteiger partial charge is 0.387 e. The van der Waals surface area contributed by atoms with Crippen LogP contribution in [0.2, 0.25) is 0 Å². The molecule has 0 aliphatic rings. The number of nitrogens with one attached hydrogen (secondary N) is 1. The van der Waals surface area contributed by atoms with E-state index in [4.69, 9.17) is 0 Å². The number of ketones is 1. The Labute approximate surface area is 98.6 Å². The summed E-state index contributed by atoms with van der Waals surface area (Å²) in [4.78, 5) is 12.3. The zero-order chi connectivity index (χ0) is 12.2. The minimum atomic E-state index is -3.55. The maximum atomic E-state index is 11.4. The van der Waals surface area contributed by atoms with Crippen LogP contribution in [0.3, 0.4) is 0 Å². The van der Waals surface area contributed by atoms with Gasteiger partial charge in [-0.2, -0.15) is 8.42 Å². The highest BCUT2D eigenvalue weighted by atomic mass is 32.2. The number of rotatable bonds is 6. The molecule has 1 rings (SSSR count). The van der Waals surface area contributed by atoms with Crippen molar-refractivity contribution in [2.45, 2.75) is 6.42 Å². The fourth-order valence-corrected chi connectivity index (χ4v) is 2.36. The van der Waals surface area contributed by atoms with Crippen LogP contribution in [-0.4, -0.2) is 34.1 Å². The smallest absolute Gasteiger partial charge is 0.264 e. The SMILES string of the molecule is CNc1ccsc1CC(=O)COS(C)(=O)=O. The van der Waals surface area contributed by atoms with Crippen molar-refractivity contribution in [2.24, 2.45) is 0 Å². The first kappa shape index (κ1) is 13.1. The Bertz CT molecular complexity index is 464. The van der Waals surface area contributed by atoms with Gasteiger partial charge in [0.2, 0.25) is 0 Å². The van der Waals surface area contributed by atoms with Crippen molar-refractivity contribution in [2.75, 3.05) is 25.2 Å². The first-order valence-corrected chi connectivity index (χ1v) is 7.22. The van der Waals surface area contributed by atoms with Crippen LogP contribution in [0.15, 0.2) is 11.4 Å². The third kappa shape index (κ3) is 4.30. The van der Waals surface area contributed by atoms with Gasteiger partial charge >= 0.3 is 0 Å². The zero-order valence-corrected chi connectivity index (χ0v) is 10.7. The van der Waals surface area contributed by atoms with Gasteiger partial charge < -0.3 is 5.32 Å². The summed E-state index contributed by atoms with van der Waals surface area (Å²) >= 11 is 1.45. The monoisotopic (exact) mass is 263 g/mol. The minimum absolute atomic E-state index is 0.184. The van der Waals surface area contributed by atoms with Gasteiger partial charge in [0.05, 0.1) is 6.26 Å². The predicted molar refractivity (Wildman–Crippen MR) is 63.4 cm³/mol. The third-order valence-electron chi connectivity index (χ3n) is 1.81. The highest BCUT2D eigenvalue weighted by Gasteiger charge is 2.11. The van der Waals surface area contributed by atoms with Crippen LogP contribution in [0, 0.1) is 0 Å². The molecule has 0 radical (unpaired) electrons. The molecular weight excluding hydrogens is 250 g/mol. The van der Waals surface area contributed by atoms with Gasteiger partial charge in [0.25, 0.3) is 10.1 Å². The molecule has 1 aromatic heterocycles. The highest BCUT2D eigenvalue weighted by Crippen LogP contribution is 2.22. The quantitative estimate of drug-likeness (QED) is 0.771. The average Bonchev–Trinajstić information content (AvgIpc) is 2.61. The lowest BCUT2D eigenvalue weighted by molar-refractivity contribution is -0.120. The summed E-state index contributed by atoms with van der Waals surface area (Å²) in [6.45, 7) is -0.403. The second-order valence-electron chi connectivity index (χ2n) is 3.19. The van der Waals surface area contributed by atoms with Crippen molar-refractivity contribution in [3.63, 3.8) is 0 Å². The van der Waals surface area contributed by atoms with Crippen molar-refractivity contribution in [1.29, 1.82) is 0 Å². The highest BCUT2D eigenvalue weighted by molar-refractivity contribution is 7.86. The Kier molecular flexibility index (Phi) is 4.45. The Morgan fingerprint density at radius 1 is 1.56 bits per heavy atom. The van der Waals surface area contributed by atoms with E-state index in [1.165, 1.54) is 11.3 Å². The molecule has 0 saturated heterocycles. The Morgan fingerprint density at radius 2 is 2.25 bits per heavy atom. The Hall–Kier alpha value is -0.920. The summed E-state index contributed by atoms with van der Waals surface area (Å²) in [6, 6.07) is 1.87. The van der Waals surface area contributed by atoms with E-state index in [9.17, 15) is 13.2 Å². The summed E-state index contributed by atoms with van der Waals surface area (Å²) in [5, 5.41) is 4.82. The molecule has 0 amide bonds. The molecule has 0 spiro atoms. The van der Waals surface area contributed by atoms with E-state index < -0.39 is 16.7 Å². The van der Waals surface area contributed by atoms with E-state index in [-0.39, 0.29) is 12.2 Å². The number of Topliss-reactive ketones (excluding diaryl/α,β-unsaturated/α-hetero) is 1. The van der Waals surface area contributed by atoms with Gasteiger partial charge in [-0.3, -0.25) is 8.98 Å².